The first-order chi connectivity index (χ1) is 8.97. The summed E-state index contributed by atoms with van der Waals surface area (Å²) in [5, 5.41) is 6.11. The summed E-state index contributed by atoms with van der Waals surface area (Å²) >= 11 is 0. The van der Waals surface area contributed by atoms with Crippen molar-refractivity contribution in [2.75, 3.05) is 25.0 Å². The maximum Gasteiger partial charge on any atom is 0.416 e. The van der Waals surface area contributed by atoms with Gasteiger partial charge in [0.1, 0.15) is 5.82 Å². The molecule has 0 spiro atoms. The number of alkyl halides is 3. The molecule has 0 bridgehead atoms. The molecule has 1 fully saturated rings. The van der Waals surface area contributed by atoms with E-state index < -0.39 is 17.6 Å². The highest BCUT2D eigenvalue weighted by Gasteiger charge is 2.31. The van der Waals surface area contributed by atoms with Crippen molar-refractivity contribution in [3.63, 3.8) is 0 Å². The minimum Gasteiger partial charge on any atom is -0.382 e. The van der Waals surface area contributed by atoms with Crippen LogP contribution in [0.25, 0.3) is 0 Å². The third kappa shape index (κ3) is 3.83. The van der Waals surface area contributed by atoms with E-state index in [2.05, 4.69) is 10.6 Å². The predicted molar refractivity (Wildman–Crippen MR) is 65.5 cm³/mol. The minimum atomic E-state index is -4.51. The molecule has 2 N–H and O–H groups in total. The predicted octanol–water partition coefficient (Wildman–Crippen LogP) is 3.26. The van der Waals surface area contributed by atoms with Gasteiger partial charge in [-0.15, -0.1) is 0 Å². The van der Waals surface area contributed by atoms with Crippen LogP contribution in [0.5, 0.6) is 0 Å². The highest BCUT2D eigenvalue weighted by atomic mass is 19.4. The van der Waals surface area contributed by atoms with Gasteiger partial charge in [0.2, 0.25) is 0 Å². The maximum absolute atomic E-state index is 13.6. The fourth-order valence-corrected chi connectivity index (χ4v) is 2.17. The smallest absolute Gasteiger partial charge is 0.382 e. The molecule has 0 aliphatic carbocycles. The second-order valence-electron chi connectivity index (χ2n) is 4.77. The summed E-state index contributed by atoms with van der Waals surface area (Å²) in [6.07, 6.45) is -2.51. The van der Waals surface area contributed by atoms with Crippen molar-refractivity contribution < 1.29 is 17.6 Å². The molecule has 6 heteroatoms. The summed E-state index contributed by atoms with van der Waals surface area (Å²) in [6.45, 7) is 2.45. The molecule has 19 heavy (non-hydrogen) atoms. The van der Waals surface area contributed by atoms with Crippen LogP contribution in [-0.2, 0) is 6.18 Å². The van der Waals surface area contributed by atoms with Crippen LogP contribution in [0.4, 0.5) is 23.2 Å². The average Bonchev–Trinajstić information content (AvgIpc) is 2.37. The summed E-state index contributed by atoms with van der Waals surface area (Å²) in [7, 11) is 0. The molecule has 0 amide bonds. The van der Waals surface area contributed by atoms with Gasteiger partial charge in [-0.2, -0.15) is 13.2 Å². The maximum atomic E-state index is 13.6. The van der Waals surface area contributed by atoms with Crippen LogP contribution >= 0.6 is 0 Å². The van der Waals surface area contributed by atoms with Crippen LogP contribution in [0.3, 0.4) is 0 Å². The molecule has 1 saturated heterocycles. The van der Waals surface area contributed by atoms with Crippen LogP contribution in [0, 0.1) is 11.7 Å². The Balaban J connectivity index is 1.97. The van der Waals surface area contributed by atoms with Gasteiger partial charge in [-0.1, -0.05) is 0 Å². The van der Waals surface area contributed by atoms with E-state index in [0.29, 0.717) is 18.5 Å². The third-order valence-electron chi connectivity index (χ3n) is 3.34. The molecule has 1 aromatic rings. The van der Waals surface area contributed by atoms with E-state index in [0.717, 1.165) is 38.1 Å². The largest absolute Gasteiger partial charge is 0.416 e. The zero-order valence-electron chi connectivity index (χ0n) is 10.4. The second-order valence-corrected chi connectivity index (χ2v) is 4.77. The Hall–Kier alpha value is -1.30. The van der Waals surface area contributed by atoms with E-state index in [4.69, 9.17) is 0 Å². The molecule has 2 nitrogen and oxygen atoms in total. The zero-order valence-corrected chi connectivity index (χ0v) is 10.4. The van der Waals surface area contributed by atoms with Gasteiger partial charge < -0.3 is 10.6 Å². The van der Waals surface area contributed by atoms with Crippen molar-refractivity contribution >= 4 is 5.69 Å². The van der Waals surface area contributed by atoms with Gasteiger partial charge in [0, 0.05) is 6.54 Å². The third-order valence-corrected chi connectivity index (χ3v) is 3.34. The molecule has 0 aromatic heterocycles. The van der Waals surface area contributed by atoms with Gasteiger partial charge in [0.05, 0.1) is 11.3 Å². The number of hydrogen-bond acceptors (Lipinski definition) is 2. The van der Waals surface area contributed by atoms with Gasteiger partial charge in [0.15, 0.2) is 0 Å². The lowest BCUT2D eigenvalue weighted by Crippen LogP contribution is -2.31. The van der Waals surface area contributed by atoms with Crippen LogP contribution in [0.15, 0.2) is 18.2 Å². The van der Waals surface area contributed by atoms with Crippen molar-refractivity contribution in [2.24, 2.45) is 5.92 Å². The Morgan fingerprint density at radius 1 is 1.21 bits per heavy atom. The van der Waals surface area contributed by atoms with Crippen LogP contribution in [0.2, 0.25) is 0 Å². The number of hydrogen-bond donors (Lipinski definition) is 2. The number of halogens is 4. The van der Waals surface area contributed by atoms with Crippen molar-refractivity contribution in [3.05, 3.63) is 29.6 Å². The van der Waals surface area contributed by atoms with E-state index in [1.165, 1.54) is 0 Å². The zero-order chi connectivity index (χ0) is 13.9. The van der Waals surface area contributed by atoms with Crippen molar-refractivity contribution in [1.29, 1.82) is 0 Å². The second kappa shape index (κ2) is 5.77. The molecular weight excluding hydrogens is 260 g/mol. The average molecular weight is 276 g/mol. The molecular formula is C13H16F4N2. The van der Waals surface area contributed by atoms with Gasteiger partial charge in [-0.05, 0) is 50.0 Å². The first kappa shape index (κ1) is 14.1. The van der Waals surface area contributed by atoms with E-state index in [1.807, 2.05) is 0 Å². The van der Waals surface area contributed by atoms with Gasteiger partial charge in [0.25, 0.3) is 0 Å². The molecule has 0 unspecified atom stereocenters. The number of rotatable bonds is 3. The highest BCUT2D eigenvalue weighted by Crippen LogP contribution is 2.31. The normalized spacial score (nSPS) is 17.5. The lowest BCUT2D eigenvalue weighted by Gasteiger charge is -2.23. The van der Waals surface area contributed by atoms with Crippen LogP contribution in [-0.4, -0.2) is 19.6 Å². The summed E-state index contributed by atoms with van der Waals surface area (Å²) in [4.78, 5) is 0. The Kier molecular flexibility index (Phi) is 4.29. The monoisotopic (exact) mass is 276 g/mol. The molecule has 0 saturated carbocycles. The minimum absolute atomic E-state index is 0.131. The Morgan fingerprint density at radius 2 is 1.89 bits per heavy atom. The lowest BCUT2D eigenvalue weighted by atomic mass is 9.98. The molecule has 0 atom stereocenters. The van der Waals surface area contributed by atoms with E-state index in [1.54, 1.807) is 0 Å². The summed E-state index contributed by atoms with van der Waals surface area (Å²) in [5.74, 6) is -0.424. The summed E-state index contributed by atoms with van der Waals surface area (Å²) in [6, 6.07) is 2.58. The van der Waals surface area contributed by atoms with Gasteiger partial charge in [-0.3, -0.25) is 0 Å². The van der Waals surface area contributed by atoms with E-state index in [-0.39, 0.29) is 5.69 Å². The standard InChI is InChI=1S/C13H16F4N2/c14-11-7-10(13(15,16)17)1-2-12(11)19-8-9-3-5-18-6-4-9/h1-2,7,9,18-19H,3-6,8H2. The molecule has 1 heterocycles. The quantitative estimate of drug-likeness (QED) is 0.828. The van der Waals surface area contributed by atoms with Gasteiger partial charge in [-0.25, -0.2) is 4.39 Å². The van der Waals surface area contributed by atoms with Gasteiger partial charge >= 0.3 is 6.18 Å². The van der Waals surface area contributed by atoms with Crippen LogP contribution in [0.1, 0.15) is 18.4 Å². The Morgan fingerprint density at radius 3 is 2.47 bits per heavy atom. The molecule has 106 valence electrons. The fourth-order valence-electron chi connectivity index (χ4n) is 2.17. The SMILES string of the molecule is Fc1cc(C(F)(F)F)ccc1NCC1CCNCC1. The van der Waals surface area contributed by atoms with Crippen molar-refractivity contribution in [2.45, 2.75) is 19.0 Å². The van der Waals surface area contributed by atoms with E-state index >= 15 is 0 Å². The summed E-state index contributed by atoms with van der Waals surface area (Å²) in [5.41, 5.74) is -0.830. The Labute approximate surface area is 109 Å². The number of anilines is 1. The molecule has 1 aliphatic rings. The molecule has 2 rings (SSSR count). The fraction of sp³-hybridized carbons (Fsp3) is 0.538. The van der Waals surface area contributed by atoms with Crippen molar-refractivity contribution in [3.8, 4) is 0 Å². The molecule has 1 aromatic carbocycles. The van der Waals surface area contributed by atoms with E-state index in [9.17, 15) is 17.6 Å². The first-order valence-electron chi connectivity index (χ1n) is 6.28. The number of nitrogens with one attached hydrogen (secondary N) is 2. The highest BCUT2D eigenvalue weighted by molar-refractivity contribution is 5.46. The molecule has 0 radical (unpaired) electrons. The topological polar surface area (TPSA) is 24.1 Å². The number of piperidine rings is 1. The van der Waals surface area contributed by atoms with Crippen molar-refractivity contribution in [1.82, 2.24) is 5.32 Å². The number of benzene rings is 1. The Bertz CT molecular complexity index is 425. The summed E-state index contributed by atoms with van der Waals surface area (Å²) < 4.78 is 50.7. The first-order valence-corrected chi connectivity index (χ1v) is 6.28. The molecule has 1 aliphatic heterocycles. The van der Waals surface area contributed by atoms with Crippen LogP contribution < -0.4 is 10.6 Å². The lowest BCUT2D eigenvalue weighted by molar-refractivity contribution is -0.137.